The highest BCUT2D eigenvalue weighted by Crippen LogP contribution is 2.27. The number of hydrogen-bond donors (Lipinski definition) is 0. The van der Waals surface area contributed by atoms with Gasteiger partial charge in [-0.25, -0.2) is 4.98 Å². The molecule has 16 heavy (non-hydrogen) atoms. The molecule has 0 amide bonds. The number of hydrogen-bond acceptors (Lipinski definition) is 2. The lowest BCUT2D eigenvalue weighted by Crippen LogP contribution is -1.90. The standard InChI is InChI=1S/C13H12N2S/c1-9-5-6-10-11(8-9)15(2)13(14-10)12-4-3-7-16-12/h3-8H,1-2H3. The van der Waals surface area contributed by atoms with Crippen molar-refractivity contribution in [2.75, 3.05) is 0 Å². The number of fused-ring (bicyclic) bond motifs is 1. The molecule has 3 heteroatoms. The fraction of sp³-hybridized carbons (Fsp3) is 0.154. The first kappa shape index (κ1) is 9.60. The van der Waals surface area contributed by atoms with E-state index in [2.05, 4.69) is 59.2 Å². The first-order valence-corrected chi connectivity index (χ1v) is 6.10. The number of imidazole rings is 1. The summed E-state index contributed by atoms with van der Waals surface area (Å²) in [7, 11) is 2.07. The van der Waals surface area contributed by atoms with Gasteiger partial charge in [0.15, 0.2) is 5.82 Å². The first-order valence-electron chi connectivity index (χ1n) is 5.22. The third-order valence-corrected chi connectivity index (χ3v) is 3.64. The Bertz CT molecular complexity index is 635. The third-order valence-electron chi connectivity index (χ3n) is 2.78. The van der Waals surface area contributed by atoms with Crippen molar-refractivity contribution in [2.45, 2.75) is 6.92 Å². The molecular formula is C13H12N2S. The molecule has 1 aromatic carbocycles. The molecule has 0 fully saturated rings. The molecule has 0 bridgehead atoms. The van der Waals surface area contributed by atoms with Gasteiger partial charge in [-0.05, 0) is 36.1 Å². The number of rotatable bonds is 1. The van der Waals surface area contributed by atoms with E-state index in [1.54, 1.807) is 11.3 Å². The zero-order chi connectivity index (χ0) is 11.1. The second-order valence-corrected chi connectivity index (χ2v) is 4.91. The maximum Gasteiger partial charge on any atom is 0.150 e. The van der Waals surface area contributed by atoms with Crippen LogP contribution in [0.25, 0.3) is 21.7 Å². The molecule has 0 saturated heterocycles. The summed E-state index contributed by atoms with van der Waals surface area (Å²) in [6, 6.07) is 10.5. The lowest BCUT2D eigenvalue weighted by atomic mass is 10.2. The Morgan fingerprint density at radius 2 is 2.12 bits per heavy atom. The number of nitrogens with zero attached hydrogens (tertiary/aromatic N) is 2. The van der Waals surface area contributed by atoms with E-state index in [9.17, 15) is 0 Å². The topological polar surface area (TPSA) is 17.8 Å². The summed E-state index contributed by atoms with van der Waals surface area (Å²) < 4.78 is 2.16. The zero-order valence-electron chi connectivity index (χ0n) is 9.27. The van der Waals surface area contributed by atoms with Crippen molar-refractivity contribution in [1.29, 1.82) is 0 Å². The minimum absolute atomic E-state index is 1.05. The van der Waals surface area contributed by atoms with Gasteiger partial charge in [-0.2, -0.15) is 0 Å². The van der Waals surface area contributed by atoms with Crippen molar-refractivity contribution < 1.29 is 0 Å². The largest absolute Gasteiger partial charge is 0.326 e. The van der Waals surface area contributed by atoms with Crippen molar-refractivity contribution in [3.8, 4) is 10.7 Å². The van der Waals surface area contributed by atoms with Crippen LogP contribution in [0.3, 0.4) is 0 Å². The molecular weight excluding hydrogens is 216 g/mol. The molecule has 0 atom stereocenters. The highest BCUT2D eigenvalue weighted by atomic mass is 32.1. The Labute approximate surface area is 98.2 Å². The molecule has 2 nitrogen and oxygen atoms in total. The van der Waals surface area contributed by atoms with E-state index in [1.165, 1.54) is 16.0 Å². The Balaban J connectivity index is 2.32. The molecule has 0 unspecified atom stereocenters. The third kappa shape index (κ3) is 1.36. The van der Waals surface area contributed by atoms with E-state index in [-0.39, 0.29) is 0 Å². The molecule has 0 saturated carbocycles. The van der Waals surface area contributed by atoms with Gasteiger partial charge in [-0.3, -0.25) is 0 Å². The van der Waals surface area contributed by atoms with Gasteiger partial charge >= 0.3 is 0 Å². The summed E-state index contributed by atoms with van der Waals surface area (Å²) >= 11 is 1.73. The smallest absolute Gasteiger partial charge is 0.150 e. The molecule has 3 rings (SSSR count). The normalized spacial score (nSPS) is 11.1. The quantitative estimate of drug-likeness (QED) is 0.622. The first-order chi connectivity index (χ1) is 7.75. The van der Waals surface area contributed by atoms with Crippen LogP contribution in [0.5, 0.6) is 0 Å². The van der Waals surface area contributed by atoms with E-state index >= 15 is 0 Å². The summed E-state index contributed by atoms with van der Waals surface area (Å²) in [5, 5.41) is 2.08. The summed E-state index contributed by atoms with van der Waals surface area (Å²) in [4.78, 5) is 5.89. The van der Waals surface area contributed by atoms with Crippen LogP contribution in [-0.2, 0) is 7.05 Å². The van der Waals surface area contributed by atoms with Crippen LogP contribution in [0.4, 0.5) is 0 Å². The minimum Gasteiger partial charge on any atom is -0.326 e. The summed E-state index contributed by atoms with van der Waals surface area (Å²) in [6.45, 7) is 2.11. The molecule has 0 aliphatic carbocycles. The van der Waals surface area contributed by atoms with Crippen molar-refractivity contribution >= 4 is 22.4 Å². The number of aromatic nitrogens is 2. The van der Waals surface area contributed by atoms with Gasteiger partial charge in [0.05, 0.1) is 15.9 Å². The van der Waals surface area contributed by atoms with E-state index in [0.29, 0.717) is 0 Å². The average molecular weight is 228 g/mol. The maximum atomic E-state index is 4.67. The minimum atomic E-state index is 1.05. The van der Waals surface area contributed by atoms with Gasteiger partial charge in [-0.15, -0.1) is 11.3 Å². The zero-order valence-corrected chi connectivity index (χ0v) is 10.1. The lowest BCUT2D eigenvalue weighted by Gasteiger charge is -1.99. The summed E-state index contributed by atoms with van der Waals surface area (Å²) in [5.41, 5.74) is 3.54. The van der Waals surface area contributed by atoms with Gasteiger partial charge in [-0.1, -0.05) is 12.1 Å². The fourth-order valence-corrected chi connectivity index (χ4v) is 2.67. The second kappa shape index (κ2) is 3.46. The summed E-state index contributed by atoms with van der Waals surface area (Å²) in [6.07, 6.45) is 0. The van der Waals surface area contributed by atoms with Crippen LogP contribution in [0.1, 0.15) is 5.56 Å². The van der Waals surface area contributed by atoms with Crippen LogP contribution in [0.2, 0.25) is 0 Å². The van der Waals surface area contributed by atoms with Crippen molar-refractivity contribution in [1.82, 2.24) is 9.55 Å². The van der Waals surface area contributed by atoms with Crippen LogP contribution >= 0.6 is 11.3 Å². The second-order valence-electron chi connectivity index (χ2n) is 3.96. The van der Waals surface area contributed by atoms with Crippen LogP contribution < -0.4 is 0 Å². The molecule has 0 spiro atoms. The highest BCUT2D eigenvalue weighted by molar-refractivity contribution is 7.13. The highest BCUT2D eigenvalue weighted by Gasteiger charge is 2.09. The number of benzene rings is 1. The van der Waals surface area contributed by atoms with E-state index < -0.39 is 0 Å². The van der Waals surface area contributed by atoms with Crippen LogP contribution in [0.15, 0.2) is 35.7 Å². The monoisotopic (exact) mass is 228 g/mol. The van der Waals surface area contributed by atoms with Gasteiger partial charge in [0, 0.05) is 7.05 Å². The lowest BCUT2D eigenvalue weighted by molar-refractivity contribution is 0.962. The Hall–Kier alpha value is -1.61. The number of aryl methyl sites for hydroxylation is 2. The Morgan fingerprint density at radius 3 is 2.88 bits per heavy atom. The Morgan fingerprint density at radius 1 is 1.25 bits per heavy atom. The van der Waals surface area contributed by atoms with Gasteiger partial charge < -0.3 is 4.57 Å². The molecule has 2 aromatic heterocycles. The van der Waals surface area contributed by atoms with Crippen LogP contribution in [-0.4, -0.2) is 9.55 Å². The molecule has 0 aliphatic heterocycles. The van der Waals surface area contributed by atoms with E-state index in [1.807, 2.05) is 0 Å². The molecule has 0 radical (unpaired) electrons. The van der Waals surface area contributed by atoms with Crippen molar-refractivity contribution in [3.05, 3.63) is 41.3 Å². The summed E-state index contributed by atoms with van der Waals surface area (Å²) in [5.74, 6) is 1.05. The van der Waals surface area contributed by atoms with E-state index in [0.717, 1.165) is 11.3 Å². The van der Waals surface area contributed by atoms with Crippen molar-refractivity contribution in [3.63, 3.8) is 0 Å². The fourth-order valence-electron chi connectivity index (χ4n) is 1.93. The maximum absolute atomic E-state index is 4.67. The molecule has 0 aliphatic rings. The van der Waals surface area contributed by atoms with Crippen molar-refractivity contribution in [2.24, 2.45) is 7.05 Å². The predicted octanol–water partition coefficient (Wildman–Crippen LogP) is 3.61. The molecule has 2 heterocycles. The van der Waals surface area contributed by atoms with Gasteiger partial charge in [0.1, 0.15) is 0 Å². The number of thiophene rings is 1. The molecule has 0 N–H and O–H groups in total. The SMILES string of the molecule is Cc1ccc2nc(-c3cccs3)n(C)c2c1. The van der Waals surface area contributed by atoms with Gasteiger partial charge in [0.25, 0.3) is 0 Å². The average Bonchev–Trinajstić information content (AvgIpc) is 2.87. The van der Waals surface area contributed by atoms with Gasteiger partial charge in [0.2, 0.25) is 0 Å². The van der Waals surface area contributed by atoms with Crippen LogP contribution in [0, 0.1) is 6.92 Å². The predicted molar refractivity (Wildman–Crippen MR) is 68.8 cm³/mol. The Kier molecular flexibility index (Phi) is 2.07. The molecule has 3 aromatic rings. The van der Waals surface area contributed by atoms with E-state index in [4.69, 9.17) is 0 Å². The molecule has 80 valence electrons.